The number of nitrogens with one attached hydrogen (secondary N) is 1. The Morgan fingerprint density at radius 3 is 2.68 bits per heavy atom. The van der Waals surface area contributed by atoms with Gasteiger partial charge in [-0.1, -0.05) is 5.16 Å². The molecule has 7 nitrogen and oxygen atoms in total. The van der Waals surface area contributed by atoms with Gasteiger partial charge in [-0.3, -0.25) is 0 Å². The number of piperazine rings is 1. The van der Waals surface area contributed by atoms with Gasteiger partial charge >= 0.3 is 0 Å². The van der Waals surface area contributed by atoms with Gasteiger partial charge in [0.25, 0.3) is 5.89 Å². The van der Waals surface area contributed by atoms with E-state index in [2.05, 4.69) is 25.3 Å². The Bertz CT molecular complexity index is 841. The molecule has 1 aliphatic rings. The maximum Gasteiger partial charge on any atom is 0.261 e. The van der Waals surface area contributed by atoms with Crippen LogP contribution in [0.5, 0.6) is 5.75 Å². The molecule has 3 heterocycles. The molecule has 4 rings (SSSR count). The first-order valence-electron chi connectivity index (χ1n) is 8.24. The van der Waals surface area contributed by atoms with Gasteiger partial charge in [-0.2, -0.15) is 4.98 Å². The van der Waals surface area contributed by atoms with Crippen LogP contribution in [0.3, 0.4) is 0 Å². The third-order valence-electron chi connectivity index (χ3n) is 4.21. The third kappa shape index (κ3) is 3.18. The molecule has 0 aliphatic carbocycles. The van der Waals surface area contributed by atoms with E-state index in [9.17, 15) is 0 Å². The van der Waals surface area contributed by atoms with Gasteiger partial charge in [0.15, 0.2) is 0 Å². The summed E-state index contributed by atoms with van der Waals surface area (Å²) in [6, 6.07) is 11.4. The van der Waals surface area contributed by atoms with Crippen molar-refractivity contribution >= 4 is 5.82 Å². The number of methoxy groups -OCH3 is 1. The summed E-state index contributed by atoms with van der Waals surface area (Å²) in [5.74, 6) is 2.70. The predicted molar refractivity (Wildman–Crippen MR) is 94.6 cm³/mol. The Morgan fingerprint density at radius 1 is 1.12 bits per heavy atom. The van der Waals surface area contributed by atoms with Crippen molar-refractivity contribution in [2.24, 2.45) is 0 Å². The molecule has 0 atom stereocenters. The van der Waals surface area contributed by atoms with E-state index in [0.29, 0.717) is 11.7 Å². The Hall–Kier alpha value is -2.93. The van der Waals surface area contributed by atoms with E-state index in [4.69, 9.17) is 9.26 Å². The number of hydrogen-bond donors (Lipinski definition) is 1. The molecule has 25 heavy (non-hydrogen) atoms. The summed E-state index contributed by atoms with van der Waals surface area (Å²) in [5.41, 5.74) is 1.74. The first kappa shape index (κ1) is 15.6. The summed E-state index contributed by atoms with van der Waals surface area (Å²) in [5, 5.41) is 7.47. The molecular formula is C18H19N5O2. The van der Waals surface area contributed by atoms with Gasteiger partial charge in [0.1, 0.15) is 11.6 Å². The summed E-state index contributed by atoms with van der Waals surface area (Å²) in [4.78, 5) is 11.3. The summed E-state index contributed by atoms with van der Waals surface area (Å²) in [7, 11) is 1.64. The smallest absolute Gasteiger partial charge is 0.261 e. The average Bonchev–Trinajstić information content (AvgIpc) is 3.19. The van der Waals surface area contributed by atoms with Crippen molar-refractivity contribution in [2.45, 2.75) is 0 Å². The zero-order chi connectivity index (χ0) is 17.1. The number of anilines is 1. The van der Waals surface area contributed by atoms with E-state index in [0.717, 1.165) is 48.9 Å². The summed E-state index contributed by atoms with van der Waals surface area (Å²) >= 11 is 0. The molecule has 0 spiro atoms. The molecule has 1 N–H and O–H groups in total. The van der Waals surface area contributed by atoms with Crippen LogP contribution >= 0.6 is 0 Å². The van der Waals surface area contributed by atoms with Crippen molar-refractivity contribution in [3.05, 3.63) is 42.6 Å². The summed E-state index contributed by atoms with van der Waals surface area (Å²) in [6.45, 7) is 3.70. The minimum atomic E-state index is 0.479. The second-order valence-corrected chi connectivity index (χ2v) is 5.76. The zero-order valence-electron chi connectivity index (χ0n) is 14.0. The van der Waals surface area contributed by atoms with Crippen LogP contribution in [-0.2, 0) is 0 Å². The second-order valence-electron chi connectivity index (χ2n) is 5.76. The first-order valence-corrected chi connectivity index (χ1v) is 8.24. The van der Waals surface area contributed by atoms with Gasteiger partial charge in [-0.25, -0.2) is 4.98 Å². The lowest BCUT2D eigenvalue weighted by molar-refractivity contribution is 0.415. The standard InChI is InChI=1S/C18H19N5O2/c1-24-14-6-4-13(5-7-14)16-21-18(25-22-16)15-3-2-8-20-17(15)23-11-9-19-10-12-23/h2-8,19H,9-12H2,1H3. The first-order chi connectivity index (χ1) is 12.3. The molecule has 1 aliphatic heterocycles. The highest BCUT2D eigenvalue weighted by Crippen LogP contribution is 2.29. The van der Waals surface area contributed by atoms with Gasteiger partial charge in [0.2, 0.25) is 5.82 Å². The second kappa shape index (κ2) is 6.90. The quantitative estimate of drug-likeness (QED) is 0.782. The van der Waals surface area contributed by atoms with E-state index in [1.807, 2.05) is 36.4 Å². The summed E-state index contributed by atoms with van der Waals surface area (Å²) in [6.07, 6.45) is 1.79. The number of ether oxygens (including phenoxy) is 1. The van der Waals surface area contributed by atoms with E-state index in [-0.39, 0.29) is 0 Å². The lowest BCUT2D eigenvalue weighted by Crippen LogP contribution is -2.44. The van der Waals surface area contributed by atoms with E-state index < -0.39 is 0 Å². The number of pyridine rings is 1. The van der Waals surface area contributed by atoms with Crippen LogP contribution in [0, 0.1) is 0 Å². The van der Waals surface area contributed by atoms with Crippen LogP contribution < -0.4 is 15.0 Å². The predicted octanol–water partition coefficient (Wildman–Crippen LogP) is 2.22. The van der Waals surface area contributed by atoms with Crippen molar-refractivity contribution in [3.8, 4) is 28.6 Å². The Balaban J connectivity index is 1.65. The van der Waals surface area contributed by atoms with E-state index in [1.165, 1.54) is 0 Å². The normalized spacial score (nSPS) is 14.5. The lowest BCUT2D eigenvalue weighted by Gasteiger charge is -2.29. The summed E-state index contributed by atoms with van der Waals surface area (Å²) < 4.78 is 10.7. The minimum Gasteiger partial charge on any atom is -0.497 e. The van der Waals surface area contributed by atoms with Crippen molar-refractivity contribution in [2.75, 3.05) is 38.2 Å². The molecule has 0 radical (unpaired) electrons. The third-order valence-corrected chi connectivity index (χ3v) is 4.21. The van der Waals surface area contributed by atoms with Gasteiger partial charge in [-0.05, 0) is 36.4 Å². The fourth-order valence-electron chi connectivity index (χ4n) is 2.88. The molecule has 1 aromatic carbocycles. The SMILES string of the molecule is COc1ccc(-c2noc(-c3cccnc3N3CCNCC3)n2)cc1. The number of nitrogens with zero attached hydrogens (tertiary/aromatic N) is 4. The highest BCUT2D eigenvalue weighted by atomic mass is 16.5. The molecule has 0 saturated carbocycles. The van der Waals surface area contributed by atoms with Crippen molar-refractivity contribution in [1.82, 2.24) is 20.4 Å². The fraction of sp³-hybridized carbons (Fsp3) is 0.278. The highest BCUT2D eigenvalue weighted by Gasteiger charge is 2.20. The van der Waals surface area contributed by atoms with Gasteiger partial charge in [0, 0.05) is 37.9 Å². The van der Waals surface area contributed by atoms with Crippen molar-refractivity contribution in [1.29, 1.82) is 0 Å². The zero-order valence-corrected chi connectivity index (χ0v) is 14.0. The van der Waals surface area contributed by atoms with Crippen LogP contribution in [0.1, 0.15) is 0 Å². The molecule has 2 aromatic heterocycles. The number of aromatic nitrogens is 3. The fourth-order valence-corrected chi connectivity index (χ4v) is 2.88. The molecule has 3 aromatic rings. The van der Waals surface area contributed by atoms with Crippen molar-refractivity contribution < 1.29 is 9.26 Å². The van der Waals surface area contributed by atoms with Gasteiger partial charge in [0.05, 0.1) is 12.7 Å². The average molecular weight is 337 g/mol. The maximum atomic E-state index is 5.52. The van der Waals surface area contributed by atoms with Crippen LogP contribution in [-0.4, -0.2) is 48.4 Å². The molecule has 1 saturated heterocycles. The Morgan fingerprint density at radius 2 is 1.92 bits per heavy atom. The van der Waals surface area contributed by atoms with Crippen LogP contribution in [0.4, 0.5) is 5.82 Å². The van der Waals surface area contributed by atoms with Gasteiger partial charge < -0.3 is 19.5 Å². The molecular weight excluding hydrogens is 318 g/mol. The molecule has 7 heteroatoms. The molecule has 0 unspecified atom stereocenters. The van der Waals surface area contributed by atoms with E-state index in [1.54, 1.807) is 13.3 Å². The van der Waals surface area contributed by atoms with Crippen molar-refractivity contribution in [3.63, 3.8) is 0 Å². The van der Waals surface area contributed by atoms with Crippen LogP contribution in [0.25, 0.3) is 22.8 Å². The number of rotatable bonds is 4. The topological polar surface area (TPSA) is 76.3 Å². The highest BCUT2D eigenvalue weighted by molar-refractivity contribution is 5.71. The van der Waals surface area contributed by atoms with Crippen LogP contribution in [0.2, 0.25) is 0 Å². The molecule has 0 amide bonds. The maximum absolute atomic E-state index is 5.52. The number of hydrogen-bond acceptors (Lipinski definition) is 7. The van der Waals surface area contributed by atoms with Gasteiger partial charge in [-0.15, -0.1) is 0 Å². The Kier molecular flexibility index (Phi) is 4.30. The monoisotopic (exact) mass is 337 g/mol. The molecule has 128 valence electrons. The lowest BCUT2D eigenvalue weighted by atomic mass is 10.2. The Labute approximate surface area is 145 Å². The number of benzene rings is 1. The van der Waals surface area contributed by atoms with E-state index >= 15 is 0 Å². The molecule has 0 bridgehead atoms. The largest absolute Gasteiger partial charge is 0.497 e. The minimum absolute atomic E-state index is 0.479. The van der Waals surface area contributed by atoms with Crippen LogP contribution in [0.15, 0.2) is 47.1 Å². The molecule has 1 fully saturated rings.